The molecule has 4 nitrogen and oxygen atoms in total. The van der Waals surface area contributed by atoms with Crippen molar-refractivity contribution in [1.82, 2.24) is 0 Å². The van der Waals surface area contributed by atoms with Crippen molar-refractivity contribution in [2.45, 2.75) is 25.2 Å². The van der Waals surface area contributed by atoms with Crippen molar-refractivity contribution >= 4 is 11.9 Å². The van der Waals surface area contributed by atoms with Crippen LogP contribution >= 0.6 is 0 Å². The van der Waals surface area contributed by atoms with Gasteiger partial charge in [-0.25, -0.2) is 0 Å². The summed E-state index contributed by atoms with van der Waals surface area (Å²) in [5.74, 6) is -2.88. The first-order chi connectivity index (χ1) is 10.6. The summed E-state index contributed by atoms with van der Waals surface area (Å²) in [6.45, 7) is 0. The number of fused-ring (bicyclic) bond motifs is 1. The van der Waals surface area contributed by atoms with Crippen LogP contribution in [-0.4, -0.2) is 17.0 Å². The van der Waals surface area contributed by atoms with Gasteiger partial charge in [-0.2, -0.15) is 0 Å². The lowest BCUT2D eigenvalue weighted by atomic mass is 9.99. The van der Waals surface area contributed by atoms with Crippen molar-refractivity contribution < 1.29 is 19.4 Å². The van der Waals surface area contributed by atoms with Gasteiger partial charge in [-0.3, -0.25) is 9.59 Å². The molecule has 0 aliphatic heterocycles. The molecule has 0 radical (unpaired) electrons. The molecule has 0 amide bonds. The van der Waals surface area contributed by atoms with E-state index in [1.165, 1.54) is 11.1 Å². The van der Waals surface area contributed by atoms with Crippen LogP contribution in [0.2, 0.25) is 0 Å². The summed E-state index contributed by atoms with van der Waals surface area (Å²) in [5, 5.41) is 9.33. The van der Waals surface area contributed by atoms with Gasteiger partial charge < -0.3 is 9.84 Å². The van der Waals surface area contributed by atoms with Gasteiger partial charge in [0.1, 0.15) is 5.75 Å². The van der Waals surface area contributed by atoms with Crippen LogP contribution in [-0.2, 0) is 22.4 Å². The maximum atomic E-state index is 12.3. The quantitative estimate of drug-likeness (QED) is 0.535. The molecular weight excluding hydrogens is 280 g/mol. The molecule has 0 saturated carbocycles. The second-order valence-electron chi connectivity index (χ2n) is 5.39. The van der Waals surface area contributed by atoms with Gasteiger partial charge >= 0.3 is 11.9 Å². The fourth-order valence-electron chi connectivity index (χ4n) is 2.81. The van der Waals surface area contributed by atoms with E-state index >= 15 is 0 Å². The van der Waals surface area contributed by atoms with Gasteiger partial charge in [0, 0.05) is 0 Å². The van der Waals surface area contributed by atoms with Gasteiger partial charge in [-0.1, -0.05) is 36.4 Å². The van der Waals surface area contributed by atoms with E-state index in [1.54, 1.807) is 36.4 Å². The Morgan fingerprint density at radius 2 is 1.73 bits per heavy atom. The zero-order chi connectivity index (χ0) is 15.5. The Bertz CT molecular complexity index is 706. The summed E-state index contributed by atoms with van der Waals surface area (Å²) < 4.78 is 5.30. The minimum absolute atomic E-state index is 0.410. The van der Waals surface area contributed by atoms with Gasteiger partial charge in [-0.15, -0.1) is 0 Å². The van der Waals surface area contributed by atoms with Crippen molar-refractivity contribution in [1.29, 1.82) is 0 Å². The molecule has 0 heterocycles. The first-order valence-electron chi connectivity index (χ1n) is 7.26. The lowest BCUT2D eigenvalue weighted by molar-refractivity contribution is -0.148. The molecule has 0 unspecified atom stereocenters. The number of carboxylic acid groups (broad SMARTS) is 1. The molecule has 3 rings (SSSR count). The Kier molecular flexibility index (Phi) is 3.92. The lowest BCUT2D eigenvalue weighted by Crippen LogP contribution is -2.26. The van der Waals surface area contributed by atoms with E-state index in [4.69, 9.17) is 4.74 Å². The van der Waals surface area contributed by atoms with E-state index in [0.29, 0.717) is 11.3 Å². The van der Waals surface area contributed by atoms with Crippen molar-refractivity contribution in [3.05, 3.63) is 65.2 Å². The first kappa shape index (κ1) is 14.3. The fourth-order valence-corrected chi connectivity index (χ4v) is 2.81. The molecule has 112 valence electrons. The van der Waals surface area contributed by atoms with Crippen LogP contribution in [0.3, 0.4) is 0 Å². The van der Waals surface area contributed by atoms with Gasteiger partial charge in [0.2, 0.25) is 0 Å². The third kappa shape index (κ3) is 2.86. The average Bonchev–Trinajstić information content (AvgIpc) is 2.95. The van der Waals surface area contributed by atoms with Crippen LogP contribution in [0.4, 0.5) is 0 Å². The fraction of sp³-hybridized carbons (Fsp3) is 0.222. The maximum Gasteiger partial charge on any atom is 0.330 e. The molecule has 0 aromatic heterocycles. The number of ether oxygens (including phenoxy) is 1. The first-order valence-corrected chi connectivity index (χ1v) is 7.26. The summed E-state index contributed by atoms with van der Waals surface area (Å²) in [5.41, 5.74) is 2.87. The molecule has 0 saturated heterocycles. The predicted molar refractivity (Wildman–Crippen MR) is 80.9 cm³/mol. The van der Waals surface area contributed by atoms with E-state index in [1.807, 2.05) is 12.1 Å². The van der Waals surface area contributed by atoms with Crippen LogP contribution in [0, 0.1) is 0 Å². The van der Waals surface area contributed by atoms with Crippen LogP contribution in [0.15, 0.2) is 48.5 Å². The number of hydrogen-bond acceptors (Lipinski definition) is 3. The summed E-state index contributed by atoms with van der Waals surface area (Å²) in [6.07, 6.45) is 3.13. The summed E-state index contributed by atoms with van der Waals surface area (Å²) in [7, 11) is 0. The number of carbonyl (C=O) groups is 2. The molecule has 2 aromatic carbocycles. The monoisotopic (exact) mass is 296 g/mol. The van der Waals surface area contributed by atoms with E-state index in [9.17, 15) is 14.7 Å². The Hall–Kier alpha value is -2.62. The third-order valence-electron chi connectivity index (χ3n) is 3.90. The van der Waals surface area contributed by atoms with Crippen LogP contribution in [0.25, 0.3) is 0 Å². The standard InChI is InChI=1S/C18H16O4/c19-17(20)16(13-5-2-1-3-6-13)18(21)22-15-10-9-12-7-4-8-14(12)11-15/h1-3,5-6,9-11,16H,4,7-8H2,(H,19,20)/t16-/m0/s1. The molecule has 1 aliphatic rings. The summed E-state index contributed by atoms with van der Waals surface area (Å²) in [4.78, 5) is 23.7. The highest BCUT2D eigenvalue weighted by Gasteiger charge is 2.30. The molecule has 0 bridgehead atoms. The van der Waals surface area contributed by atoms with E-state index in [-0.39, 0.29) is 0 Å². The number of aryl methyl sites for hydroxylation is 2. The summed E-state index contributed by atoms with van der Waals surface area (Å²) in [6, 6.07) is 13.9. The molecule has 1 atom stereocenters. The third-order valence-corrected chi connectivity index (χ3v) is 3.90. The van der Waals surface area contributed by atoms with E-state index < -0.39 is 17.9 Å². The normalized spacial score (nSPS) is 14.2. The van der Waals surface area contributed by atoms with Gasteiger partial charge in [0.25, 0.3) is 0 Å². The highest BCUT2D eigenvalue weighted by molar-refractivity contribution is 6.00. The topological polar surface area (TPSA) is 63.6 Å². The minimum Gasteiger partial charge on any atom is -0.480 e. The van der Waals surface area contributed by atoms with Crippen LogP contribution < -0.4 is 4.74 Å². The van der Waals surface area contributed by atoms with Crippen molar-refractivity contribution in [2.75, 3.05) is 0 Å². The molecular formula is C18H16O4. The van der Waals surface area contributed by atoms with Crippen LogP contribution in [0.1, 0.15) is 29.0 Å². The average molecular weight is 296 g/mol. The Labute approximate surface area is 128 Å². The van der Waals surface area contributed by atoms with E-state index in [2.05, 4.69) is 0 Å². The Morgan fingerprint density at radius 3 is 2.45 bits per heavy atom. The summed E-state index contributed by atoms with van der Waals surface area (Å²) >= 11 is 0. The molecule has 1 aliphatic carbocycles. The number of carbonyl (C=O) groups excluding carboxylic acids is 1. The molecule has 2 aromatic rings. The Balaban J connectivity index is 1.81. The van der Waals surface area contributed by atoms with E-state index in [0.717, 1.165) is 19.3 Å². The second-order valence-corrected chi connectivity index (χ2v) is 5.39. The van der Waals surface area contributed by atoms with Gasteiger partial charge in [0.05, 0.1) is 0 Å². The van der Waals surface area contributed by atoms with Crippen molar-refractivity contribution in [3.63, 3.8) is 0 Å². The number of benzene rings is 2. The number of rotatable bonds is 4. The zero-order valence-electron chi connectivity index (χ0n) is 12.0. The second kappa shape index (κ2) is 6.02. The number of carboxylic acids is 1. The smallest absolute Gasteiger partial charge is 0.330 e. The maximum absolute atomic E-state index is 12.3. The van der Waals surface area contributed by atoms with Crippen molar-refractivity contribution in [3.8, 4) is 5.75 Å². The molecule has 4 heteroatoms. The molecule has 0 fully saturated rings. The largest absolute Gasteiger partial charge is 0.480 e. The Morgan fingerprint density at radius 1 is 1.00 bits per heavy atom. The number of esters is 1. The number of aliphatic carboxylic acids is 1. The predicted octanol–water partition coefficient (Wildman–Crippen LogP) is 2.95. The molecule has 0 spiro atoms. The van der Waals surface area contributed by atoms with Gasteiger partial charge in [0.15, 0.2) is 5.92 Å². The lowest BCUT2D eigenvalue weighted by Gasteiger charge is -2.13. The molecule has 1 N–H and O–H groups in total. The zero-order valence-corrected chi connectivity index (χ0v) is 12.0. The minimum atomic E-state index is -1.31. The highest BCUT2D eigenvalue weighted by Crippen LogP contribution is 2.27. The highest BCUT2D eigenvalue weighted by atomic mass is 16.5. The van der Waals surface area contributed by atoms with Crippen molar-refractivity contribution in [2.24, 2.45) is 0 Å². The van der Waals surface area contributed by atoms with Crippen LogP contribution in [0.5, 0.6) is 5.75 Å². The number of hydrogen-bond donors (Lipinski definition) is 1. The van der Waals surface area contributed by atoms with Gasteiger partial charge in [-0.05, 0) is 48.1 Å². The SMILES string of the molecule is O=C(O)[C@@H](C(=O)Oc1ccc2c(c1)CCC2)c1ccccc1. The molecule has 22 heavy (non-hydrogen) atoms.